The molecule has 2 aromatic heterocycles. The van der Waals surface area contributed by atoms with Gasteiger partial charge in [-0.25, -0.2) is 0 Å². The van der Waals surface area contributed by atoms with Gasteiger partial charge >= 0.3 is 0 Å². The molecular weight excluding hydrogens is 272 g/mol. The third-order valence-corrected chi connectivity index (χ3v) is 2.62. The fourth-order valence-corrected chi connectivity index (χ4v) is 1.41. The second kappa shape index (κ2) is 4.71. The molecule has 6 heteroatoms. The van der Waals surface area contributed by atoms with Crippen LogP contribution in [-0.2, 0) is 0 Å². The lowest BCUT2D eigenvalue weighted by Crippen LogP contribution is -2.08. The maximum absolute atomic E-state index is 5.79. The van der Waals surface area contributed by atoms with Gasteiger partial charge in [-0.2, -0.15) is 4.98 Å². The topological polar surface area (TPSA) is 77.8 Å². The molecule has 0 aliphatic carbocycles. The van der Waals surface area contributed by atoms with Gasteiger partial charge in [0.2, 0.25) is 11.7 Å². The Morgan fingerprint density at radius 2 is 2.31 bits per heavy atom. The Balaban J connectivity index is 2.28. The van der Waals surface area contributed by atoms with Crippen molar-refractivity contribution in [2.45, 2.75) is 19.4 Å². The van der Waals surface area contributed by atoms with E-state index < -0.39 is 0 Å². The summed E-state index contributed by atoms with van der Waals surface area (Å²) in [4.78, 5) is 8.37. The van der Waals surface area contributed by atoms with Crippen LogP contribution in [-0.4, -0.2) is 15.1 Å². The van der Waals surface area contributed by atoms with Gasteiger partial charge in [-0.3, -0.25) is 4.98 Å². The van der Waals surface area contributed by atoms with Crippen LogP contribution in [0.25, 0.3) is 11.5 Å². The van der Waals surface area contributed by atoms with Gasteiger partial charge in [0, 0.05) is 10.7 Å². The second-order valence-electron chi connectivity index (χ2n) is 3.33. The van der Waals surface area contributed by atoms with Gasteiger partial charge in [-0.1, -0.05) is 12.1 Å². The molecule has 1 unspecified atom stereocenters. The maximum Gasteiger partial charge on any atom is 0.243 e. The number of nitrogens with zero attached hydrogens (tertiary/aromatic N) is 3. The third kappa shape index (κ3) is 2.28. The van der Waals surface area contributed by atoms with Gasteiger partial charge in [0.1, 0.15) is 5.69 Å². The van der Waals surface area contributed by atoms with E-state index in [9.17, 15) is 0 Å². The van der Waals surface area contributed by atoms with E-state index in [2.05, 4.69) is 31.1 Å². The average Bonchev–Trinajstić information content (AvgIpc) is 2.78. The number of nitrogens with two attached hydrogens (primary N) is 1. The first kappa shape index (κ1) is 11.2. The zero-order valence-electron chi connectivity index (χ0n) is 8.72. The van der Waals surface area contributed by atoms with Crippen LogP contribution in [0, 0.1) is 0 Å². The molecule has 1 atom stereocenters. The maximum atomic E-state index is 5.79. The Bertz CT molecular complexity index is 468. The summed E-state index contributed by atoms with van der Waals surface area (Å²) in [5, 5.41) is 3.84. The van der Waals surface area contributed by atoms with Crippen molar-refractivity contribution in [2.24, 2.45) is 5.73 Å². The standard InChI is InChI=1S/C10H11BrN4O/c1-2-7(12)10-14-9(15-16-10)8-4-3-6(11)5-13-8/h3-5,7H,2,12H2,1H3. The lowest BCUT2D eigenvalue weighted by atomic mass is 10.2. The Morgan fingerprint density at radius 1 is 1.50 bits per heavy atom. The van der Waals surface area contributed by atoms with Crippen LogP contribution < -0.4 is 5.73 Å². The number of aromatic nitrogens is 3. The molecule has 0 aliphatic rings. The highest BCUT2D eigenvalue weighted by Crippen LogP contribution is 2.18. The first-order valence-corrected chi connectivity index (χ1v) is 5.71. The van der Waals surface area contributed by atoms with Crippen LogP contribution in [0.15, 0.2) is 27.3 Å². The number of hydrogen-bond donors (Lipinski definition) is 1. The minimum Gasteiger partial charge on any atom is -0.337 e. The van der Waals surface area contributed by atoms with Crippen molar-refractivity contribution in [3.8, 4) is 11.5 Å². The quantitative estimate of drug-likeness (QED) is 0.935. The molecule has 84 valence electrons. The molecule has 0 bridgehead atoms. The molecule has 16 heavy (non-hydrogen) atoms. The van der Waals surface area contributed by atoms with E-state index in [0.29, 0.717) is 17.4 Å². The van der Waals surface area contributed by atoms with E-state index >= 15 is 0 Å². The van der Waals surface area contributed by atoms with Gasteiger partial charge < -0.3 is 10.3 Å². The summed E-state index contributed by atoms with van der Waals surface area (Å²) < 4.78 is 5.97. The molecule has 0 aliphatic heterocycles. The van der Waals surface area contributed by atoms with E-state index in [1.54, 1.807) is 6.20 Å². The van der Waals surface area contributed by atoms with Crippen LogP contribution in [0.1, 0.15) is 25.3 Å². The Labute approximate surface area is 101 Å². The predicted octanol–water partition coefficient (Wildman–Crippen LogP) is 2.30. The molecule has 2 aromatic rings. The minimum atomic E-state index is -0.211. The first-order chi connectivity index (χ1) is 7.70. The number of rotatable bonds is 3. The largest absolute Gasteiger partial charge is 0.337 e. The lowest BCUT2D eigenvalue weighted by Gasteiger charge is -1.99. The van der Waals surface area contributed by atoms with Crippen molar-refractivity contribution in [3.05, 3.63) is 28.7 Å². The Kier molecular flexibility index (Phi) is 3.31. The highest BCUT2D eigenvalue weighted by atomic mass is 79.9. The summed E-state index contributed by atoms with van der Waals surface area (Å²) in [5.41, 5.74) is 6.45. The molecule has 0 aromatic carbocycles. The average molecular weight is 283 g/mol. The fraction of sp³-hybridized carbons (Fsp3) is 0.300. The fourth-order valence-electron chi connectivity index (χ4n) is 1.17. The van der Waals surface area contributed by atoms with E-state index in [1.165, 1.54) is 0 Å². The van der Waals surface area contributed by atoms with E-state index in [-0.39, 0.29) is 6.04 Å². The lowest BCUT2D eigenvalue weighted by molar-refractivity contribution is 0.352. The third-order valence-electron chi connectivity index (χ3n) is 2.16. The van der Waals surface area contributed by atoms with E-state index in [4.69, 9.17) is 10.3 Å². The van der Waals surface area contributed by atoms with Crippen LogP contribution in [0.5, 0.6) is 0 Å². The van der Waals surface area contributed by atoms with Crippen molar-refractivity contribution < 1.29 is 4.52 Å². The normalized spacial score (nSPS) is 12.7. The molecule has 2 rings (SSSR count). The molecular formula is C10H11BrN4O. The molecule has 0 spiro atoms. The van der Waals surface area contributed by atoms with Crippen molar-refractivity contribution in [1.82, 2.24) is 15.1 Å². The molecule has 0 saturated heterocycles. The van der Waals surface area contributed by atoms with Gasteiger partial charge in [-0.05, 0) is 34.5 Å². The summed E-state index contributed by atoms with van der Waals surface area (Å²) in [7, 11) is 0. The highest BCUT2D eigenvalue weighted by molar-refractivity contribution is 9.10. The van der Waals surface area contributed by atoms with Crippen LogP contribution in [0.2, 0.25) is 0 Å². The van der Waals surface area contributed by atoms with Crippen LogP contribution in [0.4, 0.5) is 0 Å². The summed E-state index contributed by atoms with van der Waals surface area (Å²) in [6.07, 6.45) is 2.44. The van der Waals surface area contributed by atoms with Gasteiger partial charge in [0.15, 0.2) is 0 Å². The second-order valence-corrected chi connectivity index (χ2v) is 4.25. The highest BCUT2D eigenvalue weighted by Gasteiger charge is 2.14. The molecule has 2 heterocycles. The summed E-state index contributed by atoms with van der Waals surface area (Å²) in [6, 6.07) is 3.48. The van der Waals surface area contributed by atoms with Crippen molar-refractivity contribution in [2.75, 3.05) is 0 Å². The number of pyridine rings is 1. The number of hydrogen-bond acceptors (Lipinski definition) is 5. The SMILES string of the molecule is CCC(N)c1nc(-c2ccc(Br)cn2)no1. The van der Waals surface area contributed by atoms with Crippen LogP contribution in [0.3, 0.4) is 0 Å². The zero-order chi connectivity index (χ0) is 11.5. The molecule has 0 amide bonds. The smallest absolute Gasteiger partial charge is 0.243 e. The van der Waals surface area contributed by atoms with Crippen molar-refractivity contribution in [3.63, 3.8) is 0 Å². The monoisotopic (exact) mass is 282 g/mol. The predicted molar refractivity (Wildman–Crippen MR) is 62.4 cm³/mol. The van der Waals surface area contributed by atoms with Crippen LogP contribution >= 0.6 is 15.9 Å². The zero-order valence-corrected chi connectivity index (χ0v) is 10.3. The van der Waals surface area contributed by atoms with Crippen molar-refractivity contribution >= 4 is 15.9 Å². The molecule has 5 nitrogen and oxygen atoms in total. The molecule has 0 radical (unpaired) electrons. The number of halogens is 1. The summed E-state index contributed by atoms with van der Waals surface area (Å²) >= 11 is 3.31. The van der Waals surface area contributed by atoms with E-state index in [1.807, 2.05) is 19.1 Å². The van der Waals surface area contributed by atoms with E-state index in [0.717, 1.165) is 10.9 Å². The summed E-state index contributed by atoms with van der Waals surface area (Å²) in [6.45, 7) is 1.96. The first-order valence-electron chi connectivity index (χ1n) is 4.92. The molecule has 0 saturated carbocycles. The van der Waals surface area contributed by atoms with Crippen molar-refractivity contribution in [1.29, 1.82) is 0 Å². The molecule has 2 N–H and O–H groups in total. The van der Waals surface area contributed by atoms with Gasteiger partial charge in [0.25, 0.3) is 0 Å². The Morgan fingerprint density at radius 3 is 2.94 bits per heavy atom. The van der Waals surface area contributed by atoms with Gasteiger partial charge in [-0.15, -0.1) is 0 Å². The van der Waals surface area contributed by atoms with Gasteiger partial charge in [0.05, 0.1) is 6.04 Å². The Hall–Kier alpha value is -1.27. The minimum absolute atomic E-state index is 0.211. The summed E-state index contributed by atoms with van der Waals surface area (Å²) in [5.74, 6) is 0.911. The molecule has 0 fully saturated rings.